The number of benzene rings is 1. The summed E-state index contributed by atoms with van der Waals surface area (Å²) in [5.74, 6) is -2.63. The van der Waals surface area contributed by atoms with Gasteiger partial charge in [0.1, 0.15) is 17.5 Å². The third-order valence-corrected chi connectivity index (χ3v) is 9.51. The van der Waals surface area contributed by atoms with Gasteiger partial charge in [-0.25, -0.2) is 4.39 Å². The van der Waals surface area contributed by atoms with Gasteiger partial charge in [0.15, 0.2) is 0 Å². The summed E-state index contributed by atoms with van der Waals surface area (Å²) >= 11 is 5.91. The first kappa shape index (κ1) is 26.9. The van der Waals surface area contributed by atoms with Crippen LogP contribution in [0.4, 0.5) is 10.1 Å². The predicted octanol–water partition coefficient (Wildman–Crippen LogP) is 4.10. The maximum atomic E-state index is 14.1. The third-order valence-electron chi connectivity index (χ3n) is 9.22. The van der Waals surface area contributed by atoms with Crippen molar-refractivity contribution in [3.63, 3.8) is 0 Å². The minimum atomic E-state index is -1.28. The molecular weight excluding hydrogens is 535 g/mol. The van der Waals surface area contributed by atoms with Gasteiger partial charge in [-0.3, -0.25) is 19.4 Å². The highest BCUT2D eigenvalue weighted by atomic mass is 35.5. The Morgan fingerprint density at radius 1 is 1.23 bits per heavy atom. The molecule has 1 spiro atoms. The molecule has 1 aliphatic carbocycles. The second-order valence-electron chi connectivity index (χ2n) is 11.5. The zero-order chi connectivity index (χ0) is 28.2. The molecule has 10 heteroatoms. The highest BCUT2D eigenvalue weighted by Gasteiger charge is 2.72. The molecular formula is C30H32ClFN4O4. The number of carbonyl (C=O) groups is 3. The molecule has 3 fully saturated rings. The first-order chi connectivity index (χ1) is 19.2. The van der Waals surface area contributed by atoms with E-state index in [0.717, 1.165) is 24.8 Å². The number of fused-ring (bicyclic) bond motifs is 1. The Kier molecular flexibility index (Phi) is 6.91. The smallest absolute Gasteiger partial charge is 0.246 e. The highest BCUT2D eigenvalue weighted by Crippen LogP contribution is 2.55. The van der Waals surface area contributed by atoms with Crippen LogP contribution in [-0.2, 0) is 25.7 Å². The van der Waals surface area contributed by atoms with Crippen LogP contribution in [0.1, 0.15) is 38.7 Å². The summed E-state index contributed by atoms with van der Waals surface area (Å²) in [6.45, 7) is 4.51. The van der Waals surface area contributed by atoms with E-state index in [1.54, 1.807) is 30.6 Å². The van der Waals surface area contributed by atoms with Gasteiger partial charge < -0.3 is 20.3 Å². The molecule has 2 bridgehead atoms. The van der Waals surface area contributed by atoms with Crippen LogP contribution in [0.5, 0.6) is 0 Å². The van der Waals surface area contributed by atoms with Crippen molar-refractivity contribution in [2.45, 2.75) is 63.4 Å². The number of hydrogen-bond donors (Lipinski definition) is 2. The lowest BCUT2D eigenvalue weighted by molar-refractivity contribution is -0.142. The van der Waals surface area contributed by atoms with Crippen LogP contribution in [0, 0.1) is 29.5 Å². The lowest BCUT2D eigenvalue weighted by Gasteiger charge is -2.38. The number of halogens is 2. The minimum Gasteiger partial charge on any atom is -0.359 e. The summed E-state index contributed by atoms with van der Waals surface area (Å²) in [5, 5.41) is 5.89. The van der Waals surface area contributed by atoms with Crippen molar-refractivity contribution in [1.29, 1.82) is 0 Å². The molecule has 210 valence electrons. The lowest BCUT2D eigenvalue weighted by atomic mass is 9.73. The summed E-state index contributed by atoms with van der Waals surface area (Å²) in [6, 6.07) is 6.57. The number of carbonyl (C=O) groups excluding carboxylic acids is 3. The van der Waals surface area contributed by atoms with Crippen LogP contribution >= 0.6 is 11.6 Å². The van der Waals surface area contributed by atoms with Crippen LogP contribution in [0.2, 0.25) is 5.02 Å². The Morgan fingerprint density at radius 3 is 2.80 bits per heavy atom. The molecule has 0 radical (unpaired) electrons. The van der Waals surface area contributed by atoms with E-state index in [1.807, 2.05) is 6.07 Å². The van der Waals surface area contributed by atoms with Crippen LogP contribution < -0.4 is 10.6 Å². The van der Waals surface area contributed by atoms with E-state index in [-0.39, 0.29) is 29.4 Å². The third kappa shape index (κ3) is 4.39. The molecule has 6 rings (SSSR count). The summed E-state index contributed by atoms with van der Waals surface area (Å²) in [5.41, 5.74) is -0.199. The molecule has 8 atom stereocenters. The second kappa shape index (κ2) is 10.3. The molecule has 1 aromatic carbocycles. The van der Waals surface area contributed by atoms with Crippen LogP contribution in [0.3, 0.4) is 0 Å². The number of pyridine rings is 1. The number of nitrogens with one attached hydrogen (secondary N) is 2. The SMILES string of the molecule is C[C@@H]1[C@H](C)CCC[C@@H]1NC(=O)[C@@H]1N(Cc2cccnc2)C(=O)[C@H]2[C@H](C(=O)Nc3ccc(F)c(Cl)c3)[C@H]3C=C[C@@]12O3. The van der Waals surface area contributed by atoms with Crippen molar-refractivity contribution in [3.8, 4) is 0 Å². The summed E-state index contributed by atoms with van der Waals surface area (Å²) in [7, 11) is 0. The number of aromatic nitrogens is 1. The first-order valence-electron chi connectivity index (χ1n) is 13.8. The molecule has 8 nitrogen and oxygen atoms in total. The Hall–Kier alpha value is -3.30. The van der Waals surface area contributed by atoms with Crippen molar-refractivity contribution in [2.24, 2.45) is 23.7 Å². The maximum absolute atomic E-state index is 14.1. The lowest BCUT2D eigenvalue weighted by Crippen LogP contribution is -2.57. The summed E-state index contributed by atoms with van der Waals surface area (Å²) in [4.78, 5) is 47.5. The number of ether oxygens (including phenoxy) is 1. The number of nitrogens with zero attached hydrogens (tertiary/aromatic N) is 2. The van der Waals surface area contributed by atoms with E-state index < -0.39 is 41.3 Å². The predicted molar refractivity (Wildman–Crippen MR) is 146 cm³/mol. The van der Waals surface area contributed by atoms with Crippen LogP contribution in [0.25, 0.3) is 0 Å². The van der Waals surface area contributed by atoms with Gasteiger partial charge in [0.2, 0.25) is 17.7 Å². The number of likely N-dealkylation sites (tertiary alicyclic amines) is 1. The topological polar surface area (TPSA) is 101 Å². The molecule has 2 N–H and O–H groups in total. The van der Waals surface area contributed by atoms with Crippen molar-refractivity contribution < 1.29 is 23.5 Å². The Balaban J connectivity index is 1.32. The van der Waals surface area contributed by atoms with E-state index in [1.165, 1.54) is 23.1 Å². The van der Waals surface area contributed by atoms with Crippen LogP contribution in [0.15, 0.2) is 54.9 Å². The quantitative estimate of drug-likeness (QED) is 0.513. The standard InChI is InChI=1S/C30H32ClFN4O4/c1-16-5-3-7-22(17(16)2)35-28(38)26-30-11-10-23(40-30)24(27(37)34-19-8-9-21(32)20(31)13-19)25(30)29(39)36(26)15-18-6-4-12-33-14-18/h4,6,8-14,16-17,22-26H,3,5,7,15H2,1-2H3,(H,34,37)(H,35,38)/t16-,17-,22+,23-,24-,25-,26+,30+/m1/s1. The van der Waals surface area contributed by atoms with Crippen molar-refractivity contribution >= 4 is 35.0 Å². The van der Waals surface area contributed by atoms with E-state index in [9.17, 15) is 18.8 Å². The Bertz CT molecular complexity index is 1370. The van der Waals surface area contributed by atoms with Gasteiger partial charge in [-0.2, -0.15) is 0 Å². The average Bonchev–Trinajstić information content (AvgIpc) is 3.57. The normalized spacial score (nSPS) is 34.1. The van der Waals surface area contributed by atoms with Gasteiger partial charge >= 0.3 is 0 Å². The molecule has 2 saturated heterocycles. The van der Waals surface area contributed by atoms with E-state index in [0.29, 0.717) is 17.5 Å². The van der Waals surface area contributed by atoms with Gasteiger partial charge in [-0.05, 0) is 48.1 Å². The van der Waals surface area contributed by atoms with E-state index >= 15 is 0 Å². The molecule has 3 aliphatic heterocycles. The van der Waals surface area contributed by atoms with Gasteiger partial charge in [0.25, 0.3) is 0 Å². The number of anilines is 1. The fourth-order valence-electron chi connectivity index (χ4n) is 6.97. The largest absolute Gasteiger partial charge is 0.359 e. The molecule has 4 heterocycles. The second-order valence-corrected chi connectivity index (χ2v) is 11.9. The van der Waals surface area contributed by atoms with Gasteiger partial charge in [-0.15, -0.1) is 0 Å². The molecule has 0 unspecified atom stereocenters. The van der Waals surface area contributed by atoms with E-state index in [4.69, 9.17) is 16.3 Å². The van der Waals surface area contributed by atoms with Gasteiger partial charge in [-0.1, -0.05) is 56.5 Å². The number of amides is 3. The average molecular weight is 567 g/mol. The molecule has 1 aromatic heterocycles. The zero-order valence-corrected chi connectivity index (χ0v) is 23.1. The van der Waals surface area contributed by atoms with E-state index in [2.05, 4.69) is 29.5 Å². The minimum absolute atomic E-state index is 0.00746. The Labute approximate surface area is 237 Å². The summed E-state index contributed by atoms with van der Waals surface area (Å²) < 4.78 is 20.1. The summed E-state index contributed by atoms with van der Waals surface area (Å²) in [6.07, 6.45) is 9.23. The molecule has 4 aliphatic rings. The van der Waals surface area contributed by atoms with Gasteiger partial charge in [0, 0.05) is 30.7 Å². The monoisotopic (exact) mass is 566 g/mol. The fourth-order valence-corrected chi connectivity index (χ4v) is 7.15. The molecule has 40 heavy (non-hydrogen) atoms. The Morgan fingerprint density at radius 2 is 2.05 bits per heavy atom. The number of hydrogen-bond acceptors (Lipinski definition) is 5. The van der Waals surface area contributed by atoms with Crippen molar-refractivity contribution in [2.75, 3.05) is 5.32 Å². The molecule has 2 aromatic rings. The zero-order valence-electron chi connectivity index (χ0n) is 22.3. The highest BCUT2D eigenvalue weighted by molar-refractivity contribution is 6.31. The molecule has 3 amide bonds. The van der Waals surface area contributed by atoms with Crippen molar-refractivity contribution in [3.05, 3.63) is 71.3 Å². The van der Waals surface area contributed by atoms with Crippen LogP contribution in [-0.4, -0.2) is 51.4 Å². The fraction of sp³-hybridized carbons (Fsp3) is 0.467. The van der Waals surface area contributed by atoms with Gasteiger partial charge in [0.05, 0.1) is 23.0 Å². The number of rotatable bonds is 6. The maximum Gasteiger partial charge on any atom is 0.246 e. The molecule has 1 saturated carbocycles. The first-order valence-corrected chi connectivity index (χ1v) is 14.2. The van der Waals surface area contributed by atoms with Crippen molar-refractivity contribution in [1.82, 2.24) is 15.2 Å².